The summed E-state index contributed by atoms with van der Waals surface area (Å²) < 4.78 is 20.1. The van der Waals surface area contributed by atoms with Crippen molar-refractivity contribution in [2.75, 3.05) is 11.9 Å². The zero-order chi connectivity index (χ0) is 27.3. The Bertz CT molecular complexity index is 1180. The Morgan fingerprint density at radius 1 is 1.29 bits per heavy atom. The van der Waals surface area contributed by atoms with E-state index in [0.29, 0.717) is 42.2 Å². The Kier molecular flexibility index (Phi) is 8.85. The maximum absolute atomic E-state index is 12.5. The largest absolute Gasteiger partial charge is 0.463 e. The van der Waals surface area contributed by atoms with Crippen LogP contribution >= 0.6 is 0 Å². The molecular weight excluding hydrogens is 502 g/mol. The highest BCUT2D eigenvalue weighted by Crippen LogP contribution is 2.43. The molecule has 1 amide bonds. The van der Waals surface area contributed by atoms with E-state index >= 15 is 0 Å². The van der Waals surface area contributed by atoms with E-state index < -0.39 is 26.1 Å². The summed E-state index contributed by atoms with van der Waals surface area (Å²) in [5, 5.41) is 17.8. The molecule has 4 rings (SSSR count). The average molecular weight is 542 g/mol. The van der Waals surface area contributed by atoms with Crippen molar-refractivity contribution < 1.29 is 23.5 Å². The van der Waals surface area contributed by atoms with Crippen molar-refractivity contribution >= 4 is 31.5 Å². The molecule has 206 valence electrons. The van der Waals surface area contributed by atoms with Gasteiger partial charge in [-0.25, -0.2) is 9.50 Å². The predicted octanol–water partition coefficient (Wildman–Crippen LogP) is 4.71. The molecule has 1 saturated heterocycles. The molecule has 1 N–H and O–H groups in total. The van der Waals surface area contributed by atoms with Crippen LogP contribution in [0.1, 0.15) is 70.4 Å². The normalized spacial score (nSPS) is 24.0. The number of nitriles is 1. The summed E-state index contributed by atoms with van der Waals surface area (Å²) in [7, 11) is -2.09. The van der Waals surface area contributed by atoms with Gasteiger partial charge in [0.15, 0.2) is 14.1 Å². The lowest BCUT2D eigenvalue weighted by Gasteiger charge is -2.32. The van der Waals surface area contributed by atoms with Gasteiger partial charge in [0.05, 0.1) is 17.9 Å². The third-order valence-electron chi connectivity index (χ3n) is 7.15. The average Bonchev–Trinajstić information content (AvgIpc) is 3.60. The van der Waals surface area contributed by atoms with Crippen LogP contribution in [0.5, 0.6) is 0 Å². The van der Waals surface area contributed by atoms with E-state index in [1.54, 1.807) is 16.6 Å². The van der Waals surface area contributed by atoms with Crippen LogP contribution in [0.2, 0.25) is 19.6 Å². The first-order valence-electron chi connectivity index (χ1n) is 13.7. The minimum absolute atomic E-state index is 0.0670. The Morgan fingerprint density at radius 2 is 2.05 bits per heavy atom. The SMILES string of the molecule is CCCCC(=O)Nc1ncnn2c([C@]3(C#N)O[C@@H](COC(=O)CC4CCCC4)C[C@H]3O[Si](C)(C)C)ccc12. The van der Waals surface area contributed by atoms with E-state index in [9.17, 15) is 14.9 Å². The zero-order valence-electron chi connectivity index (χ0n) is 22.9. The molecule has 1 aliphatic heterocycles. The van der Waals surface area contributed by atoms with Gasteiger partial charge in [-0.3, -0.25) is 9.59 Å². The minimum atomic E-state index is -2.09. The number of anilines is 1. The zero-order valence-corrected chi connectivity index (χ0v) is 23.9. The first-order valence-corrected chi connectivity index (χ1v) is 17.1. The molecule has 3 heterocycles. The topological polar surface area (TPSA) is 128 Å². The molecule has 0 unspecified atom stereocenters. The van der Waals surface area contributed by atoms with E-state index in [0.717, 1.165) is 25.7 Å². The van der Waals surface area contributed by atoms with E-state index in [4.69, 9.17) is 13.9 Å². The molecule has 2 fully saturated rings. The van der Waals surface area contributed by atoms with Crippen LogP contribution in [-0.4, -0.2) is 53.6 Å². The lowest BCUT2D eigenvalue weighted by atomic mass is 9.94. The molecule has 0 spiro atoms. The number of carbonyl (C=O) groups is 2. The number of nitrogens with zero attached hydrogens (tertiary/aromatic N) is 4. The number of rotatable bonds is 11. The standard InChI is InChI=1S/C27H39N5O5Si/c1-5-6-11-24(33)31-26-21-12-13-22(32(21)30-18-29-26)27(17-28)23(37-38(2,3)4)15-20(36-27)16-35-25(34)14-19-9-7-8-10-19/h12-13,18-20,23H,5-11,14-16H2,1-4H3,(H,29,30,31,33)/t20-,23-,27+/m1/s1. The van der Waals surface area contributed by atoms with Crippen LogP contribution in [0.25, 0.3) is 5.52 Å². The monoisotopic (exact) mass is 541 g/mol. The molecule has 2 aromatic heterocycles. The number of carbonyl (C=O) groups excluding carboxylic acids is 2. The van der Waals surface area contributed by atoms with Crippen LogP contribution in [0.3, 0.4) is 0 Å². The molecule has 1 aliphatic carbocycles. The number of hydrogen-bond donors (Lipinski definition) is 1. The van der Waals surface area contributed by atoms with Gasteiger partial charge in [0.25, 0.3) is 0 Å². The van der Waals surface area contributed by atoms with E-state index in [1.165, 1.54) is 19.2 Å². The van der Waals surface area contributed by atoms with E-state index in [1.807, 2.05) is 6.92 Å². The predicted molar refractivity (Wildman–Crippen MR) is 144 cm³/mol. The van der Waals surface area contributed by atoms with Crippen molar-refractivity contribution in [3.8, 4) is 6.07 Å². The Hall–Kier alpha value is -2.81. The van der Waals surface area contributed by atoms with Crippen LogP contribution in [-0.2, 0) is 29.1 Å². The molecule has 1 saturated carbocycles. The van der Waals surface area contributed by atoms with Gasteiger partial charge >= 0.3 is 5.97 Å². The fraction of sp³-hybridized carbons (Fsp3) is 0.667. The van der Waals surface area contributed by atoms with Gasteiger partial charge in [-0.05, 0) is 57.0 Å². The highest BCUT2D eigenvalue weighted by molar-refractivity contribution is 6.69. The van der Waals surface area contributed by atoms with Crippen molar-refractivity contribution in [2.24, 2.45) is 5.92 Å². The summed E-state index contributed by atoms with van der Waals surface area (Å²) in [4.78, 5) is 29.1. The van der Waals surface area contributed by atoms with E-state index in [-0.39, 0.29) is 18.5 Å². The molecule has 38 heavy (non-hydrogen) atoms. The minimum Gasteiger partial charge on any atom is -0.463 e. The highest BCUT2D eigenvalue weighted by Gasteiger charge is 2.54. The van der Waals surface area contributed by atoms with Crippen LogP contribution in [0.15, 0.2) is 18.5 Å². The summed E-state index contributed by atoms with van der Waals surface area (Å²) in [5.74, 6) is 0.429. The second-order valence-electron chi connectivity index (χ2n) is 11.4. The number of nitrogens with one attached hydrogen (secondary N) is 1. The first-order chi connectivity index (χ1) is 18.1. The van der Waals surface area contributed by atoms with Crippen LogP contribution < -0.4 is 5.32 Å². The molecule has 11 heteroatoms. The molecule has 10 nitrogen and oxygen atoms in total. The summed E-state index contributed by atoms with van der Waals surface area (Å²) in [6.07, 6.45) is 7.70. The summed E-state index contributed by atoms with van der Waals surface area (Å²) in [6, 6.07) is 5.91. The number of fused-ring (bicyclic) bond motifs is 1. The number of esters is 1. The van der Waals surface area contributed by atoms with Gasteiger partial charge in [0.1, 0.15) is 24.5 Å². The fourth-order valence-electron chi connectivity index (χ4n) is 5.37. The first kappa shape index (κ1) is 28.2. The van der Waals surface area contributed by atoms with Crippen molar-refractivity contribution in [1.82, 2.24) is 14.6 Å². The molecule has 2 aromatic rings. The number of ether oxygens (including phenoxy) is 2. The number of amides is 1. The van der Waals surface area contributed by atoms with Gasteiger partial charge < -0.3 is 19.2 Å². The lowest BCUT2D eigenvalue weighted by Crippen LogP contribution is -2.44. The quantitative estimate of drug-likeness (QED) is 0.320. The maximum Gasteiger partial charge on any atom is 0.306 e. The fourth-order valence-corrected chi connectivity index (χ4v) is 6.49. The molecule has 2 aliphatic rings. The van der Waals surface area contributed by atoms with Crippen LogP contribution in [0, 0.1) is 17.2 Å². The Balaban J connectivity index is 1.58. The summed E-state index contributed by atoms with van der Waals surface area (Å²) >= 11 is 0. The third-order valence-corrected chi connectivity index (χ3v) is 8.14. The molecule has 0 bridgehead atoms. The number of hydrogen-bond acceptors (Lipinski definition) is 8. The Labute approximate surface area is 225 Å². The van der Waals surface area contributed by atoms with Gasteiger partial charge in [-0.15, -0.1) is 0 Å². The van der Waals surface area contributed by atoms with Gasteiger partial charge in [-0.1, -0.05) is 26.2 Å². The van der Waals surface area contributed by atoms with Gasteiger partial charge in [0, 0.05) is 19.3 Å². The molecule has 0 radical (unpaired) electrons. The van der Waals surface area contributed by atoms with Crippen molar-refractivity contribution in [3.05, 3.63) is 24.2 Å². The second-order valence-corrected chi connectivity index (χ2v) is 15.8. The number of unbranched alkanes of at least 4 members (excludes halogenated alkanes) is 1. The number of aromatic nitrogens is 3. The third kappa shape index (κ3) is 6.42. The smallest absolute Gasteiger partial charge is 0.306 e. The Morgan fingerprint density at radius 3 is 2.74 bits per heavy atom. The van der Waals surface area contributed by atoms with E-state index in [2.05, 4.69) is 41.1 Å². The molecular formula is C27H39N5O5Si. The summed E-state index contributed by atoms with van der Waals surface area (Å²) in [6.45, 7) is 8.28. The van der Waals surface area contributed by atoms with Crippen LogP contribution in [0.4, 0.5) is 5.82 Å². The molecule has 0 aromatic carbocycles. The lowest BCUT2D eigenvalue weighted by molar-refractivity contribution is -0.150. The molecule has 3 atom stereocenters. The van der Waals surface area contributed by atoms with Crippen molar-refractivity contribution in [1.29, 1.82) is 5.26 Å². The maximum atomic E-state index is 12.5. The van der Waals surface area contributed by atoms with Crippen molar-refractivity contribution in [2.45, 2.75) is 102 Å². The van der Waals surface area contributed by atoms with Crippen molar-refractivity contribution in [3.63, 3.8) is 0 Å². The highest BCUT2D eigenvalue weighted by atomic mass is 28.4. The second kappa shape index (κ2) is 11.9. The van der Waals surface area contributed by atoms with Gasteiger partial charge in [-0.2, -0.15) is 10.4 Å². The summed E-state index contributed by atoms with van der Waals surface area (Å²) in [5.41, 5.74) is -0.416. The van der Waals surface area contributed by atoms with Gasteiger partial charge in [0.2, 0.25) is 11.5 Å².